The molecule has 1 atom stereocenters. The molecule has 3 heterocycles. The van der Waals surface area contributed by atoms with Gasteiger partial charge in [-0.2, -0.15) is 11.8 Å². The lowest BCUT2D eigenvalue weighted by Crippen LogP contribution is -2.38. The Balaban J connectivity index is 1.55. The number of aromatic amines is 1. The van der Waals surface area contributed by atoms with Crippen molar-refractivity contribution in [3.8, 4) is 0 Å². The fraction of sp³-hybridized carbons (Fsp3) is 0.444. The monoisotopic (exact) mass is 358 g/mol. The maximum atomic E-state index is 12.2. The molecule has 1 unspecified atom stereocenters. The van der Waals surface area contributed by atoms with Crippen LogP contribution >= 0.6 is 11.8 Å². The number of H-pyrrole nitrogens is 1. The summed E-state index contributed by atoms with van der Waals surface area (Å²) in [4.78, 5) is 22.5. The minimum absolute atomic E-state index is 0.278. The highest BCUT2D eigenvalue weighted by atomic mass is 32.2. The fourth-order valence-corrected chi connectivity index (χ4v) is 4.13. The van der Waals surface area contributed by atoms with Crippen LogP contribution in [0.3, 0.4) is 0 Å². The minimum atomic E-state index is -0.278. The molecule has 0 spiro atoms. The third kappa shape index (κ3) is 3.14. The van der Waals surface area contributed by atoms with E-state index in [9.17, 15) is 4.79 Å². The Morgan fingerprint density at radius 1 is 1.36 bits per heavy atom. The first kappa shape index (κ1) is 16.5. The maximum absolute atomic E-state index is 12.2. The number of oxazole rings is 1. The van der Waals surface area contributed by atoms with Crippen LogP contribution in [0.25, 0.3) is 11.1 Å². The first-order valence-electron chi connectivity index (χ1n) is 8.61. The Kier molecular flexibility index (Phi) is 4.67. The maximum Gasteiger partial charge on any atom is 0.419 e. The van der Waals surface area contributed by atoms with E-state index in [4.69, 9.17) is 4.42 Å². The summed E-state index contributed by atoms with van der Waals surface area (Å²) in [7, 11) is 0. The van der Waals surface area contributed by atoms with E-state index in [-0.39, 0.29) is 5.76 Å². The van der Waals surface area contributed by atoms with Crippen molar-refractivity contribution in [1.82, 2.24) is 19.4 Å². The molecule has 0 bridgehead atoms. The highest BCUT2D eigenvalue weighted by molar-refractivity contribution is 7.98. The van der Waals surface area contributed by atoms with Gasteiger partial charge in [0, 0.05) is 31.7 Å². The second-order valence-electron chi connectivity index (χ2n) is 6.34. The molecule has 0 aliphatic carbocycles. The molecule has 1 N–H and O–H groups in total. The van der Waals surface area contributed by atoms with Crippen LogP contribution < -0.4 is 5.76 Å². The summed E-state index contributed by atoms with van der Waals surface area (Å²) in [5, 5.41) is 0. The molecule has 1 aromatic carbocycles. The number of nitrogens with zero attached hydrogens (tertiary/aromatic N) is 3. The smallest absolute Gasteiger partial charge is 0.408 e. The van der Waals surface area contributed by atoms with Gasteiger partial charge in [-0.3, -0.25) is 9.47 Å². The van der Waals surface area contributed by atoms with Gasteiger partial charge in [-0.25, -0.2) is 9.78 Å². The van der Waals surface area contributed by atoms with E-state index >= 15 is 0 Å². The van der Waals surface area contributed by atoms with E-state index in [2.05, 4.69) is 21.1 Å². The van der Waals surface area contributed by atoms with E-state index in [1.165, 1.54) is 11.4 Å². The molecule has 0 radical (unpaired) electrons. The fourth-order valence-electron chi connectivity index (χ4n) is 3.67. The summed E-state index contributed by atoms with van der Waals surface area (Å²) >= 11 is 1.86. The number of hydrogen-bond acceptors (Lipinski definition) is 5. The van der Waals surface area contributed by atoms with Gasteiger partial charge in [-0.05, 0) is 30.6 Å². The molecule has 1 aliphatic rings. The lowest BCUT2D eigenvalue weighted by Gasteiger charge is -2.34. The number of hydrogen-bond donors (Lipinski definition) is 1. The zero-order chi connectivity index (χ0) is 17.2. The van der Waals surface area contributed by atoms with E-state index in [0.717, 1.165) is 37.2 Å². The molecule has 0 amide bonds. The number of fused-ring (bicyclic) bond motifs is 2. The molecule has 25 heavy (non-hydrogen) atoms. The number of nitrogens with one attached hydrogen (secondary N) is 1. The molecule has 3 aromatic rings. The van der Waals surface area contributed by atoms with Gasteiger partial charge in [0.15, 0.2) is 5.58 Å². The molecule has 4 rings (SSSR count). The molecule has 0 fully saturated rings. The molecule has 0 saturated heterocycles. The van der Waals surface area contributed by atoms with Crippen LogP contribution in [0.4, 0.5) is 0 Å². The molecule has 0 saturated carbocycles. The van der Waals surface area contributed by atoms with Crippen LogP contribution in [0.15, 0.2) is 39.8 Å². The Hall–Kier alpha value is -1.99. The Morgan fingerprint density at radius 3 is 3.12 bits per heavy atom. The Bertz CT molecular complexity index is 913. The van der Waals surface area contributed by atoms with Crippen molar-refractivity contribution >= 4 is 22.9 Å². The molecule has 132 valence electrons. The van der Waals surface area contributed by atoms with Crippen molar-refractivity contribution in [2.24, 2.45) is 0 Å². The van der Waals surface area contributed by atoms with Gasteiger partial charge in [-0.1, -0.05) is 12.1 Å². The van der Waals surface area contributed by atoms with Crippen molar-refractivity contribution in [3.63, 3.8) is 0 Å². The van der Waals surface area contributed by atoms with E-state index < -0.39 is 0 Å². The average molecular weight is 358 g/mol. The van der Waals surface area contributed by atoms with E-state index in [0.29, 0.717) is 18.2 Å². The highest BCUT2D eigenvalue weighted by Gasteiger charge is 2.29. The zero-order valence-corrected chi connectivity index (χ0v) is 15.1. The number of rotatable bonds is 6. The molecule has 7 heteroatoms. The summed E-state index contributed by atoms with van der Waals surface area (Å²) in [6, 6.07) is 7.92. The van der Waals surface area contributed by atoms with Crippen LogP contribution in [0, 0.1) is 0 Å². The number of para-hydroxylation sites is 2. The summed E-state index contributed by atoms with van der Waals surface area (Å²) in [6.07, 6.45) is 5.98. The van der Waals surface area contributed by atoms with Gasteiger partial charge < -0.3 is 9.40 Å². The Morgan fingerprint density at radius 2 is 2.24 bits per heavy atom. The van der Waals surface area contributed by atoms with Crippen molar-refractivity contribution in [2.45, 2.75) is 25.4 Å². The van der Waals surface area contributed by atoms with Crippen molar-refractivity contribution < 1.29 is 4.42 Å². The first-order chi connectivity index (χ1) is 12.3. The highest BCUT2D eigenvalue weighted by Crippen LogP contribution is 2.30. The predicted molar refractivity (Wildman–Crippen MR) is 100 cm³/mol. The van der Waals surface area contributed by atoms with Crippen LogP contribution in [0.5, 0.6) is 0 Å². The normalized spacial score (nSPS) is 17.9. The number of benzene rings is 1. The summed E-state index contributed by atoms with van der Waals surface area (Å²) < 4.78 is 7.08. The summed E-state index contributed by atoms with van der Waals surface area (Å²) in [5.74, 6) is 0.821. The van der Waals surface area contributed by atoms with Gasteiger partial charge in [0.1, 0.15) is 0 Å². The van der Waals surface area contributed by atoms with Gasteiger partial charge in [-0.15, -0.1) is 0 Å². The summed E-state index contributed by atoms with van der Waals surface area (Å²) in [6.45, 7) is 2.43. The van der Waals surface area contributed by atoms with Gasteiger partial charge in [0.05, 0.1) is 23.6 Å². The van der Waals surface area contributed by atoms with Gasteiger partial charge >= 0.3 is 5.76 Å². The predicted octanol–water partition coefficient (Wildman–Crippen LogP) is 2.67. The van der Waals surface area contributed by atoms with Crippen LogP contribution in [-0.2, 0) is 13.0 Å². The Labute approximate surface area is 150 Å². The van der Waals surface area contributed by atoms with Crippen molar-refractivity contribution in [1.29, 1.82) is 0 Å². The topological polar surface area (TPSA) is 67.1 Å². The van der Waals surface area contributed by atoms with Gasteiger partial charge in [0.2, 0.25) is 0 Å². The molecule has 6 nitrogen and oxygen atoms in total. The standard InChI is InChI=1S/C18H22N4O2S/c1-25-11-7-15-17-13(19-12-20-17)6-8-21(15)9-10-22-14-4-2-3-5-16(14)24-18(22)23/h2-5,12,15H,6-11H2,1H3,(H,19,20). The lowest BCUT2D eigenvalue weighted by molar-refractivity contribution is 0.169. The van der Waals surface area contributed by atoms with Crippen molar-refractivity contribution in [3.05, 3.63) is 52.5 Å². The van der Waals surface area contributed by atoms with E-state index in [1.807, 2.05) is 36.0 Å². The second-order valence-corrected chi connectivity index (χ2v) is 7.32. The molecule has 2 aromatic heterocycles. The van der Waals surface area contributed by atoms with Crippen LogP contribution in [0.1, 0.15) is 23.9 Å². The molecule has 1 aliphatic heterocycles. The van der Waals surface area contributed by atoms with Crippen LogP contribution in [0.2, 0.25) is 0 Å². The minimum Gasteiger partial charge on any atom is -0.408 e. The molecular weight excluding hydrogens is 336 g/mol. The summed E-state index contributed by atoms with van der Waals surface area (Å²) in [5.41, 5.74) is 3.95. The molecular formula is C18H22N4O2S. The second kappa shape index (κ2) is 7.09. The number of thioether (sulfide) groups is 1. The third-order valence-electron chi connectivity index (χ3n) is 4.94. The first-order valence-corrected chi connectivity index (χ1v) is 10.0. The van der Waals surface area contributed by atoms with Crippen molar-refractivity contribution in [2.75, 3.05) is 25.1 Å². The van der Waals surface area contributed by atoms with E-state index in [1.54, 1.807) is 10.9 Å². The lowest BCUT2D eigenvalue weighted by atomic mass is 10.0. The zero-order valence-electron chi connectivity index (χ0n) is 14.3. The number of aromatic nitrogens is 3. The average Bonchev–Trinajstić information content (AvgIpc) is 3.22. The largest absolute Gasteiger partial charge is 0.419 e. The quantitative estimate of drug-likeness (QED) is 0.734. The number of imidazole rings is 1. The SMILES string of the molecule is CSCCC1c2nc[nH]c2CCN1CCn1c(=O)oc2ccccc21. The van der Waals surface area contributed by atoms with Crippen LogP contribution in [-0.4, -0.2) is 44.5 Å². The third-order valence-corrected chi connectivity index (χ3v) is 5.58. The van der Waals surface area contributed by atoms with Gasteiger partial charge in [0.25, 0.3) is 0 Å².